The van der Waals surface area contributed by atoms with E-state index in [2.05, 4.69) is 20.8 Å². The maximum absolute atomic E-state index is 10.7. The molecule has 0 aromatic rings. The van der Waals surface area contributed by atoms with Crippen LogP contribution in [0.4, 0.5) is 0 Å². The van der Waals surface area contributed by atoms with Gasteiger partial charge in [0.25, 0.3) is 0 Å². The largest absolute Gasteiger partial charge is 0.481 e. The second-order valence-corrected chi connectivity index (χ2v) is 7.54. The molecule has 4 nitrogen and oxygen atoms in total. The molecule has 0 aliphatic carbocycles. The Balaban J connectivity index is 4.07. The number of ether oxygens (including phenoxy) is 2. The minimum atomic E-state index is -0.840. The molecule has 0 saturated carbocycles. The molecule has 4 heteroatoms. The van der Waals surface area contributed by atoms with E-state index in [1.54, 1.807) is 13.8 Å². The van der Waals surface area contributed by atoms with Crippen LogP contribution in [0.2, 0.25) is 0 Å². The minimum Gasteiger partial charge on any atom is -0.481 e. The van der Waals surface area contributed by atoms with Crippen LogP contribution in [-0.2, 0) is 14.3 Å². The highest BCUT2D eigenvalue weighted by molar-refractivity contribution is 5.67. The van der Waals surface area contributed by atoms with Gasteiger partial charge in [0, 0.05) is 0 Å². The Kier molecular flexibility index (Phi) is 6.49. The first-order valence-electron chi connectivity index (χ1n) is 6.83. The number of carbonyl (C=O) groups is 1. The Morgan fingerprint density at radius 1 is 0.947 bits per heavy atom. The minimum absolute atomic E-state index is 0.0102. The van der Waals surface area contributed by atoms with Crippen molar-refractivity contribution in [2.24, 2.45) is 5.41 Å². The van der Waals surface area contributed by atoms with Gasteiger partial charge in [-0.05, 0) is 39.5 Å². The van der Waals surface area contributed by atoms with Crippen molar-refractivity contribution in [2.45, 2.75) is 72.5 Å². The summed E-state index contributed by atoms with van der Waals surface area (Å²) in [6.07, 6.45) is 0.752. The summed E-state index contributed by atoms with van der Waals surface area (Å²) in [6, 6.07) is 0. The quantitative estimate of drug-likeness (QED) is 0.736. The Bertz CT molecular complexity index is 287. The van der Waals surface area contributed by atoms with Gasteiger partial charge in [0.1, 0.15) is 0 Å². The highest BCUT2D eigenvalue weighted by Crippen LogP contribution is 2.23. The van der Waals surface area contributed by atoms with Crippen molar-refractivity contribution < 1.29 is 19.4 Å². The molecule has 0 aromatic carbocycles. The average Bonchev–Trinajstić information content (AvgIpc) is 2.10. The molecule has 0 rings (SSSR count). The van der Waals surface area contributed by atoms with Crippen molar-refractivity contribution in [3.8, 4) is 0 Å². The lowest BCUT2D eigenvalue weighted by Gasteiger charge is -2.31. The number of carboxylic acids is 1. The molecule has 0 heterocycles. The Morgan fingerprint density at radius 3 is 1.89 bits per heavy atom. The molecule has 0 aliphatic heterocycles. The monoisotopic (exact) mass is 274 g/mol. The van der Waals surface area contributed by atoms with Crippen LogP contribution in [0.3, 0.4) is 0 Å². The van der Waals surface area contributed by atoms with Gasteiger partial charge < -0.3 is 14.6 Å². The molecule has 0 aromatic heterocycles. The van der Waals surface area contributed by atoms with Gasteiger partial charge in [-0.25, -0.2) is 0 Å². The molecule has 0 atom stereocenters. The first-order valence-corrected chi connectivity index (χ1v) is 6.83. The smallest absolute Gasteiger partial charge is 0.306 e. The predicted octanol–water partition coefficient (Wildman–Crippen LogP) is 3.49. The van der Waals surface area contributed by atoms with Crippen LogP contribution in [0, 0.1) is 5.41 Å². The summed E-state index contributed by atoms with van der Waals surface area (Å²) in [5, 5.41) is 8.78. The van der Waals surface area contributed by atoms with Gasteiger partial charge in [0.05, 0.1) is 30.8 Å². The third-order valence-electron chi connectivity index (χ3n) is 2.67. The van der Waals surface area contributed by atoms with Crippen LogP contribution in [0.1, 0.15) is 61.3 Å². The molecule has 0 amide bonds. The predicted molar refractivity (Wildman–Crippen MR) is 76.4 cm³/mol. The van der Waals surface area contributed by atoms with Crippen LogP contribution in [-0.4, -0.2) is 35.5 Å². The fourth-order valence-corrected chi connectivity index (χ4v) is 1.47. The van der Waals surface area contributed by atoms with E-state index >= 15 is 0 Å². The molecule has 0 radical (unpaired) electrons. The lowest BCUT2D eigenvalue weighted by molar-refractivity contribution is -0.145. The van der Waals surface area contributed by atoms with Crippen LogP contribution in [0.15, 0.2) is 0 Å². The van der Waals surface area contributed by atoms with Crippen molar-refractivity contribution in [1.29, 1.82) is 0 Å². The fourth-order valence-electron chi connectivity index (χ4n) is 1.47. The lowest BCUT2D eigenvalue weighted by Crippen LogP contribution is -2.34. The van der Waals surface area contributed by atoms with Crippen molar-refractivity contribution in [3.05, 3.63) is 0 Å². The second kappa shape index (κ2) is 6.71. The van der Waals surface area contributed by atoms with Gasteiger partial charge in [-0.1, -0.05) is 20.8 Å². The van der Waals surface area contributed by atoms with E-state index in [-0.39, 0.29) is 17.4 Å². The summed E-state index contributed by atoms with van der Waals surface area (Å²) in [7, 11) is 0. The zero-order chi connectivity index (χ0) is 15.3. The maximum Gasteiger partial charge on any atom is 0.306 e. The van der Waals surface area contributed by atoms with E-state index in [1.807, 2.05) is 13.8 Å². The SMILES string of the molecule is CC(C)(C)COC(C)(C)CCOC(C)(C)CC(=O)O. The number of carboxylic acid groups (broad SMARTS) is 1. The Labute approximate surface area is 117 Å². The van der Waals surface area contributed by atoms with Gasteiger partial charge in [-0.3, -0.25) is 4.79 Å². The topological polar surface area (TPSA) is 55.8 Å². The Hall–Kier alpha value is -0.610. The number of rotatable bonds is 8. The van der Waals surface area contributed by atoms with Crippen LogP contribution in [0.5, 0.6) is 0 Å². The summed E-state index contributed by atoms with van der Waals surface area (Å²) in [6.45, 7) is 15.3. The van der Waals surface area contributed by atoms with Gasteiger partial charge in [-0.15, -0.1) is 0 Å². The van der Waals surface area contributed by atoms with Crippen molar-refractivity contribution >= 4 is 5.97 Å². The Morgan fingerprint density at radius 2 is 1.47 bits per heavy atom. The van der Waals surface area contributed by atoms with Gasteiger partial charge >= 0.3 is 5.97 Å². The fraction of sp³-hybridized carbons (Fsp3) is 0.933. The third-order valence-corrected chi connectivity index (χ3v) is 2.67. The van der Waals surface area contributed by atoms with Gasteiger partial charge in [-0.2, -0.15) is 0 Å². The van der Waals surface area contributed by atoms with E-state index in [0.717, 1.165) is 6.42 Å². The van der Waals surface area contributed by atoms with E-state index in [1.165, 1.54) is 0 Å². The number of aliphatic carboxylic acids is 1. The summed E-state index contributed by atoms with van der Waals surface area (Å²) < 4.78 is 11.5. The van der Waals surface area contributed by atoms with E-state index in [4.69, 9.17) is 14.6 Å². The van der Waals surface area contributed by atoms with E-state index < -0.39 is 11.6 Å². The van der Waals surface area contributed by atoms with Crippen LogP contribution >= 0.6 is 0 Å². The summed E-state index contributed by atoms with van der Waals surface area (Å²) in [4.78, 5) is 10.7. The van der Waals surface area contributed by atoms with Gasteiger partial charge in [0.2, 0.25) is 0 Å². The normalized spacial score (nSPS) is 13.6. The molecular weight excluding hydrogens is 244 g/mol. The zero-order valence-electron chi connectivity index (χ0n) is 13.5. The standard InChI is InChI=1S/C15H30O4/c1-13(2,3)11-19-14(4,5)8-9-18-15(6,7)10-12(16)17/h8-11H2,1-7H3,(H,16,17). The molecule has 0 aliphatic rings. The molecule has 0 bridgehead atoms. The van der Waals surface area contributed by atoms with E-state index in [9.17, 15) is 4.79 Å². The highest BCUT2D eigenvalue weighted by Gasteiger charge is 2.26. The average molecular weight is 274 g/mol. The summed E-state index contributed by atoms with van der Waals surface area (Å²) >= 11 is 0. The molecule has 0 spiro atoms. The first kappa shape index (κ1) is 18.4. The summed E-state index contributed by atoms with van der Waals surface area (Å²) in [5.41, 5.74) is -0.751. The summed E-state index contributed by atoms with van der Waals surface area (Å²) in [5.74, 6) is -0.840. The van der Waals surface area contributed by atoms with Crippen LogP contribution < -0.4 is 0 Å². The lowest BCUT2D eigenvalue weighted by atomic mass is 9.97. The van der Waals surface area contributed by atoms with Crippen molar-refractivity contribution in [3.63, 3.8) is 0 Å². The number of hydrogen-bond acceptors (Lipinski definition) is 3. The van der Waals surface area contributed by atoms with Crippen LogP contribution in [0.25, 0.3) is 0 Å². The van der Waals surface area contributed by atoms with Crippen molar-refractivity contribution in [2.75, 3.05) is 13.2 Å². The highest BCUT2D eigenvalue weighted by atomic mass is 16.5. The number of hydrogen-bond donors (Lipinski definition) is 1. The van der Waals surface area contributed by atoms with Gasteiger partial charge in [0.15, 0.2) is 0 Å². The second-order valence-electron chi connectivity index (χ2n) is 7.54. The molecule has 0 saturated heterocycles. The third kappa shape index (κ3) is 11.0. The molecular formula is C15H30O4. The molecule has 0 unspecified atom stereocenters. The molecule has 1 N–H and O–H groups in total. The zero-order valence-corrected chi connectivity index (χ0v) is 13.5. The van der Waals surface area contributed by atoms with E-state index in [0.29, 0.717) is 13.2 Å². The first-order chi connectivity index (χ1) is 8.33. The molecule has 19 heavy (non-hydrogen) atoms. The maximum atomic E-state index is 10.7. The molecule has 114 valence electrons. The van der Waals surface area contributed by atoms with Crippen molar-refractivity contribution in [1.82, 2.24) is 0 Å². The molecule has 0 fully saturated rings.